The molecule has 0 saturated carbocycles. The summed E-state index contributed by atoms with van der Waals surface area (Å²) in [5.41, 5.74) is 4.76. The minimum Gasteiger partial charge on any atom is -0.497 e. The maximum atomic E-state index is 13.3. The van der Waals surface area contributed by atoms with Crippen molar-refractivity contribution in [2.75, 3.05) is 17.7 Å². The number of carboxylic acid groups (broad SMARTS) is 1. The lowest BCUT2D eigenvalue weighted by Gasteiger charge is -2.20. The molecule has 1 aromatic heterocycles. The fourth-order valence-corrected chi connectivity index (χ4v) is 5.11. The number of benzene rings is 2. The number of hydrogen-bond acceptors (Lipinski definition) is 5. The number of aryl methyl sites for hydroxylation is 3. The average Bonchev–Trinajstić information content (AvgIpc) is 3.27. The van der Waals surface area contributed by atoms with Gasteiger partial charge in [0.1, 0.15) is 16.7 Å². The van der Waals surface area contributed by atoms with Crippen LogP contribution < -0.4 is 20.7 Å². The minimum atomic E-state index is -1.10. The van der Waals surface area contributed by atoms with Crippen LogP contribution in [0.25, 0.3) is 10.4 Å². The van der Waals surface area contributed by atoms with Crippen LogP contribution in [-0.4, -0.2) is 36.2 Å². The van der Waals surface area contributed by atoms with Crippen LogP contribution in [-0.2, 0) is 4.79 Å². The molecule has 0 radical (unpaired) electrons. The molecule has 0 saturated heterocycles. The Labute approximate surface area is 221 Å². The maximum absolute atomic E-state index is 13.3. The number of amides is 3. The van der Waals surface area contributed by atoms with Gasteiger partial charge in [0.25, 0.3) is 5.91 Å². The van der Waals surface area contributed by atoms with E-state index < -0.39 is 23.9 Å². The lowest BCUT2D eigenvalue weighted by molar-refractivity contribution is -0.140. The third-order valence-corrected chi connectivity index (χ3v) is 7.43. The number of urea groups is 1. The molecular formula is C28H33N3O5S. The normalized spacial score (nSPS) is 12.4. The molecule has 3 amide bonds. The van der Waals surface area contributed by atoms with Crippen molar-refractivity contribution >= 4 is 40.6 Å². The molecule has 8 nitrogen and oxygen atoms in total. The van der Waals surface area contributed by atoms with E-state index in [0.717, 1.165) is 27.1 Å². The van der Waals surface area contributed by atoms with E-state index in [1.807, 2.05) is 52.0 Å². The number of hydrogen-bond donors (Lipinski definition) is 4. The van der Waals surface area contributed by atoms with Gasteiger partial charge in [-0.3, -0.25) is 4.79 Å². The Morgan fingerprint density at radius 3 is 2.16 bits per heavy atom. The summed E-state index contributed by atoms with van der Waals surface area (Å²) in [6, 6.07) is 11.5. The first-order valence-corrected chi connectivity index (χ1v) is 12.8. The van der Waals surface area contributed by atoms with E-state index in [-0.39, 0.29) is 10.8 Å². The van der Waals surface area contributed by atoms with Crippen molar-refractivity contribution in [3.05, 3.63) is 64.0 Å². The van der Waals surface area contributed by atoms with Crippen molar-refractivity contribution in [2.45, 2.75) is 47.1 Å². The van der Waals surface area contributed by atoms with Gasteiger partial charge in [-0.1, -0.05) is 38.0 Å². The van der Waals surface area contributed by atoms with Gasteiger partial charge in [0.15, 0.2) is 0 Å². The molecule has 9 heteroatoms. The van der Waals surface area contributed by atoms with Crippen molar-refractivity contribution in [3.63, 3.8) is 0 Å². The fourth-order valence-electron chi connectivity index (χ4n) is 4.08. The van der Waals surface area contributed by atoms with Crippen LogP contribution in [0.5, 0.6) is 5.75 Å². The monoisotopic (exact) mass is 523 g/mol. The lowest BCUT2D eigenvalue weighted by Crippen LogP contribution is -2.45. The van der Waals surface area contributed by atoms with Gasteiger partial charge in [-0.2, -0.15) is 0 Å². The van der Waals surface area contributed by atoms with Gasteiger partial charge in [-0.05, 0) is 73.7 Å². The Morgan fingerprint density at radius 1 is 1.00 bits per heavy atom. The molecule has 2 atom stereocenters. The van der Waals surface area contributed by atoms with Gasteiger partial charge in [0.2, 0.25) is 0 Å². The molecule has 0 fully saturated rings. The molecule has 37 heavy (non-hydrogen) atoms. The summed E-state index contributed by atoms with van der Waals surface area (Å²) in [6.07, 6.45) is 0.585. The smallest absolute Gasteiger partial charge is 0.326 e. The number of ether oxygens (including phenoxy) is 1. The summed E-state index contributed by atoms with van der Waals surface area (Å²) in [4.78, 5) is 39.0. The quantitative estimate of drug-likeness (QED) is 0.266. The molecule has 3 aromatic rings. The minimum absolute atomic E-state index is 0.216. The van der Waals surface area contributed by atoms with E-state index in [0.29, 0.717) is 23.5 Å². The lowest BCUT2D eigenvalue weighted by atomic mass is 9.99. The zero-order valence-electron chi connectivity index (χ0n) is 21.9. The maximum Gasteiger partial charge on any atom is 0.326 e. The first-order chi connectivity index (χ1) is 17.5. The molecule has 2 aromatic carbocycles. The van der Waals surface area contributed by atoms with Crippen molar-refractivity contribution in [2.24, 2.45) is 5.92 Å². The summed E-state index contributed by atoms with van der Waals surface area (Å²) < 4.78 is 5.23. The van der Waals surface area contributed by atoms with Crippen LogP contribution in [0.2, 0.25) is 0 Å². The van der Waals surface area contributed by atoms with E-state index in [1.165, 1.54) is 11.3 Å². The predicted molar refractivity (Wildman–Crippen MR) is 148 cm³/mol. The molecule has 0 aliphatic carbocycles. The Balaban J connectivity index is 1.94. The molecule has 0 bridgehead atoms. The van der Waals surface area contributed by atoms with Gasteiger partial charge < -0.3 is 25.8 Å². The van der Waals surface area contributed by atoms with Crippen LogP contribution >= 0.6 is 11.3 Å². The number of methoxy groups -OCH3 is 1. The molecule has 196 valence electrons. The molecule has 0 spiro atoms. The topological polar surface area (TPSA) is 117 Å². The highest BCUT2D eigenvalue weighted by atomic mass is 32.1. The number of carbonyl (C=O) groups excluding carboxylic acids is 2. The molecule has 4 N–H and O–H groups in total. The van der Waals surface area contributed by atoms with E-state index in [4.69, 9.17) is 4.74 Å². The number of carbonyl (C=O) groups is 3. The van der Waals surface area contributed by atoms with Crippen LogP contribution in [0.4, 0.5) is 16.2 Å². The van der Waals surface area contributed by atoms with Gasteiger partial charge in [-0.15, -0.1) is 11.3 Å². The number of rotatable bonds is 9. The van der Waals surface area contributed by atoms with Crippen molar-refractivity contribution in [3.8, 4) is 16.2 Å². The highest BCUT2D eigenvalue weighted by molar-refractivity contribution is 7.18. The summed E-state index contributed by atoms with van der Waals surface area (Å²) in [5, 5.41) is 18.0. The van der Waals surface area contributed by atoms with Crippen molar-refractivity contribution in [1.29, 1.82) is 0 Å². The Hall–Kier alpha value is -3.85. The van der Waals surface area contributed by atoms with E-state index in [9.17, 15) is 19.5 Å². The number of thiophene rings is 1. The van der Waals surface area contributed by atoms with Crippen molar-refractivity contribution < 1.29 is 24.2 Å². The zero-order valence-corrected chi connectivity index (χ0v) is 22.7. The van der Waals surface area contributed by atoms with Gasteiger partial charge in [0, 0.05) is 10.6 Å². The Bertz CT molecular complexity index is 1280. The van der Waals surface area contributed by atoms with Crippen LogP contribution in [0.3, 0.4) is 0 Å². The Kier molecular flexibility index (Phi) is 8.94. The van der Waals surface area contributed by atoms with Crippen LogP contribution in [0, 0.1) is 26.7 Å². The number of carboxylic acids is 1. The van der Waals surface area contributed by atoms with Gasteiger partial charge in [-0.25, -0.2) is 9.59 Å². The highest BCUT2D eigenvalue weighted by Crippen LogP contribution is 2.36. The Morgan fingerprint density at radius 2 is 1.62 bits per heavy atom. The summed E-state index contributed by atoms with van der Waals surface area (Å²) in [5.74, 6) is -1.24. The van der Waals surface area contributed by atoms with E-state index in [2.05, 4.69) is 16.0 Å². The van der Waals surface area contributed by atoms with E-state index >= 15 is 0 Å². The molecule has 1 heterocycles. The second-order valence-corrected chi connectivity index (χ2v) is 10.2. The highest BCUT2D eigenvalue weighted by Gasteiger charge is 2.28. The summed E-state index contributed by atoms with van der Waals surface area (Å²) in [6.45, 7) is 9.47. The fraction of sp³-hybridized carbons (Fsp3) is 0.321. The largest absolute Gasteiger partial charge is 0.497 e. The zero-order chi connectivity index (χ0) is 27.3. The first-order valence-electron chi connectivity index (χ1n) is 12.0. The molecule has 1 unspecified atom stereocenters. The number of nitrogens with one attached hydrogen (secondary N) is 3. The number of anilines is 2. The van der Waals surface area contributed by atoms with E-state index in [1.54, 1.807) is 32.2 Å². The third-order valence-electron chi connectivity index (χ3n) is 6.24. The van der Waals surface area contributed by atoms with Crippen LogP contribution in [0.15, 0.2) is 42.5 Å². The van der Waals surface area contributed by atoms with Gasteiger partial charge >= 0.3 is 12.0 Å². The molecular weight excluding hydrogens is 490 g/mol. The molecule has 0 aliphatic heterocycles. The molecule has 0 aliphatic rings. The summed E-state index contributed by atoms with van der Waals surface area (Å²) in [7, 11) is 1.58. The summed E-state index contributed by atoms with van der Waals surface area (Å²) >= 11 is 1.18. The standard InChI is InChI=1S/C28H33N3O5S/c1-7-16(3)24(27(33)34)30-26(32)25-21(14-22(37-25)19-8-10-20(36-6)11-9-19)29-28(35)31-23-17(4)12-15(2)13-18(23)5/h8-14,16,24H,7H2,1-6H3,(H,30,32)(H,33,34)(H2,29,31,35)/t16?,24-/m0/s1. The first kappa shape index (κ1) is 27.7. The van der Waals surface area contributed by atoms with Gasteiger partial charge in [0.05, 0.1) is 12.8 Å². The predicted octanol–water partition coefficient (Wildman–Crippen LogP) is 6.22. The SMILES string of the molecule is CCC(C)[C@H](NC(=O)c1sc(-c2ccc(OC)cc2)cc1NC(=O)Nc1c(C)cc(C)cc1C)C(=O)O. The second-order valence-electron chi connectivity index (χ2n) is 9.11. The molecule has 3 rings (SSSR count). The van der Waals surface area contributed by atoms with Crippen LogP contribution in [0.1, 0.15) is 46.6 Å². The number of aliphatic carboxylic acids is 1. The average molecular weight is 524 g/mol. The third kappa shape index (κ3) is 6.68. The second kappa shape index (κ2) is 11.9. The van der Waals surface area contributed by atoms with Crippen molar-refractivity contribution in [1.82, 2.24) is 5.32 Å².